The molecule has 0 unspecified atom stereocenters. The molecule has 0 spiro atoms. The van der Waals surface area contributed by atoms with Crippen LogP contribution in [0.25, 0.3) is 10.4 Å². The molecule has 9 heteroatoms. The first kappa shape index (κ1) is 20.2. The lowest BCUT2D eigenvalue weighted by Crippen LogP contribution is -2.40. The molecule has 0 saturated carbocycles. The van der Waals surface area contributed by atoms with Crippen molar-refractivity contribution in [3.63, 3.8) is 0 Å². The number of carboxylic acids is 1. The molecule has 1 aliphatic rings. The summed E-state index contributed by atoms with van der Waals surface area (Å²) in [7, 11) is 0. The van der Waals surface area contributed by atoms with E-state index in [1.165, 1.54) is 11.3 Å². The minimum atomic E-state index is -1.11. The largest absolute Gasteiger partial charge is 0.481 e. The number of carboxylic acid groups (broad SMARTS) is 1. The van der Waals surface area contributed by atoms with Crippen LogP contribution in [0.1, 0.15) is 38.1 Å². The van der Waals surface area contributed by atoms with Gasteiger partial charge in [0.2, 0.25) is 0 Å². The highest BCUT2D eigenvalue weighted by molar-refractivity contribution is 7.19. The van der Waals surface area contributed by atoms with Gasteiger partial charge in [-0.2, -0.15) is 0 Å². The van der Waals surface area contributed by atoms with Crippen molar-refractivity contribution >= 4 is 28.5 Å². The first-order valence-electron chi connectivity index (χ1n) is 9.10. The van der Waals surface area contributed by atoms with Crippen molar-refractivity contribution < 1.29 is 19.8 Å². The van der Waals surface area contributed by atoms with Gasteiger partial charge in [0.15, 0.2) is 5.13 Å². The number of pyridine rings is 1. The topological polar surface area (TPSA) is 116 Å². The average molecular weight is 404 g/mol. The lowest BCUT2D eigenvalue weighted by Gasteiger charge is -2.22. The number of thiazole rings is 1. The number of hydrogen-bond donors (Lipinski definition) is 3. The lowest BCUT2D eigenvalue weighted by molar-refractivity contribution is -0.142. The normalized spacial score (nSPS) is 17.0. The number of nitrogens with zero attached hydrogens (tertiary/aromatic N) is 3. The van der Waals surface area contributed by atoms with Crippen LogP contribution in [0.5, 0.6) is 0 Å². The standard InChI is InChI=1S/C19H24N4O4S/c1-11-15(12-6-7-20-14(9-12)19(2,3)16(25)26)28-17(21-11)22-18(27)23-8-4-5-13(23)10-24/h6-7,9,13,24H,4-5,8,10H2,1-3H3,(H,25,26)(H,21,22,27)/t13-/m0/s1. The molecule has 0 radical (unpaired) electrons. The van der Waals surface area contributed by atoms with Crippen LogP contribution in [0.2, 0.25) is 0 Å². The van der Waals surface area contributed by atoms with Crippen LogP contribution >= 0.6 is 11.3 Å². The van der Waals surface area contributed by atoms with Crippen molar-refractivity contribution in [2.45, 2.75) is 45.1 Å². The minimum Gasteiger partial charge on any atom is -0.481 e. The van der Waals surface area contributed by atoms with Gasteiger partial charge in [0.1, 0.15) is 5.41 Å². The predicted octanol–water partition coefficient (Wildman–Crippen LogP) is 2.86. The van der Waals surface area contributed by atoms with Gasteiger partial charge < -0.3 is 15.1 Å². The molecule has 2 amide bonds. The molecule has 3 rings (SSSR count). The molecular formula is C19H24N4O4S. The second kappa shape index (κ2) is 7.84. The van der Waals surface area contributed by atoms with Gasteiger partial charge in [-0.05, 0) is 51.3 Å². The van der Waals surface area contributed by atoms with E-state index in [0.717, 1.165) is 29.0 Å². The smallest absolute Gasteiger partial charge is 0.323 e. The summed E-state index contributed by atoms with van der Waals surface area (Å²) in [5.41, 5.74) is 0.898. The number of carbonyl (C=O) groups excluding carboxylic acids is 1. The van der Waals surface area contributed by atoms with Crippen LogP contribution in [0.3, 0.4) is 0 Å². The number of carbonyl (C=O) groups is 2. The van der Waals surface area contributed by atoms with Gasteiger partial charge in [0.25, 0.3) is 0 Å². The molecule has 1 fully saturated rings. The van der Waals surface area contributed by atoms with E-state index in [-0.39, 0.29) is 18.7 Å². The molecule has 2 aromatic rings. The molecule has 8 nitrogen and oxygen atoms in total. The Labute approximate surface area is 167 Å². The number of aliphatic hydroxyl groups excluding tert-OH is 1. The summed E-state index contributed by atoms with van der Waals surface area (Å²) in [6.45, 7) is 5.64. The van der Waals surface area contributed by atoms with Crippen LogP contribution < -0.4 is 5.32 Å². The molecule has 28 heavy (non-hydrogen) atoms. The molecule has 3 heterocycles. The van der Waals surface area contributed by atoms with Crippen molar-refractivity contribution in [2.75, 3.05) is 18.5 Å². The highest BCUT2D eigenvalue weighted by atomic mass is 32.1. The Morgan fingerprint density at radius 1 is 1.43 bits per heavy atom. The van der Waals surface area contributed by atoms with E-state index >= 15 is 0 Å². The van der Waals surface area contributed by atoms with Gasteiger partial charge in [-0.3, -0.25) is 15.1 Å². The van der Waals surface area contributed by atoms with Gasteiger partial charge in [-0.25, -0.2) is 9.78 Å². The van der Waals surface area contributed by atoms with Crippen LogP contribution in [0, 0.1) is 6.92 Å². The number of aryl methyl sites for hydroxylation is 1. The number of amides is 2. The second-order valence-electron chi connectivity index (χ2n) is 7.40. The molecular weight excluding hydrogens is 380 g/mol. The van der Waals surface area contributed by atoms with Crippen molar-refractivity contribution in [3.8, 4) is 10.4 Å². The maximum absolute atomic E-state index is 12.5. The summed E-state index contributed by atoms with van der Waals surface area (Å²) >= 11 is 1.33. The quantitative estimate of drug-likeness (QED) is 0.706. The maximum atomic E-state index is 12.5. The molecule has 0 aliphatic carbocycles. The number of anilines is 1. The van der Waals surface area contributed by atoms with Crippen LogP contribution in [-0.2, 0) is 10.2 Å². The van der Waals surface area contributed by atoms with Gasteiger partial charge in [0, 0.05) is 12.7 Å². The Kier molecular flexibility index (Phi) is 5.66. The molecule has 1 aliphatic heterocycles. The Morgan fingerprint density at radius 2 is 2.18 bits per heavy atom. The SMILES string of the molecule is Cc1nc(NC(=O)N2CCC[C@H]2CO)sc1-c1ccnc(C(C)(C)C(=O)O)c1. The Bertz CT molecular complexity index is 896. The third-order valence-electron chi connectivity index (χ3n) is 5.06. The lowest BCUT2D eigenvalue weighted by atomic mass is 9.88. The fourth-order valence-electron chi connectivity index (χ4n) is 3.20. The van der Waals surface area contributed by atoms with Gasteiger partial charge >= 0.3 is 12.0 Å². The van der Waals surface area contributed by atoms with Crippen molar-refractivity contribution in [1.29, 1.82) is 0 Å². The summed E-state index contributed by atoms with van der Waals surface area (Å²) in [6.07, 6.45) is 3.26. The van der Waals surface area contributed by atoms with Crippen LogP contribution in [0.4, 0.5) is 9.93 Å². The van der Waals surface area contributed by atoms with E-state index in [0.29, 0.717) is 17.4 Å². The van der Waals surface area contributed by atoms with E-state index < -0.39 is 11.4 Å². The summed E-state index contributed by atoms with van der Waals surface area (Å²) < 4.78 is 0. The second-order valence-corrected chi connectivity index (χ2v) is 8.39. The number of nitrogens with one attached hydrogen (secondary N) is 1. The van der Waals surface area contributed by atoms with Crippen molar-refractivity contribution in [1.82, 2.24) is 14.9 Å². The average Bonchev–Trinajstić information content (AvgIpc) is 3.28. The fraction of sp³-hybridized carbons (Fsp3) is 0.474. The minimum absolute atomic E-state index is 0.0469. The van der Waals surface area contributed by atoms with Crippen molar-refractivity contribution in [3.05, 3.63) is 29.7 Å². The van der Waals surface area contributed by atoms with E-state index in [1.54, 1.807) is 37.1 Å². The molecule has 1 atom stereocenters. The molecule has 150 valence electrons. The maximum Gasteiger partial charge on any atom is 0.323 e. The Morgan fingerprint density at radius 3 is 2.86 bits per heavy atom. The number of rotatable bonds is 5. The van der Waals surface area contributed by atoms with Gasteiger partial charge in [0.05, 0.1) is 28.9 Å². The van der Waals surface area contributed by atoms with E-state index in [9.17, 15) is 19.8 Å². The third-order valence-corrected chi connectivity index (χ3v) is 6.18. The number of aliphatic hydroxyl groups is 1. The molecule has 0 aromatic carbocycles. The van der Waals surface area contributed by atoms with E-state index in [2.05, 4.69) is 15.3 Å². The number of urea groups is 1. The highest BCUT2D eigenvalue weighted by Gasteiger charge is 2.32. The zero-order chi connectivity index (χ0) is 20.5. The van der Waals surface area contributed by atoms with E-state index in [1.807, 2.05) is 6.92 Å². The van der Waals surface area contributed by atoms with Crippen LogP contribution in [-0.4, -0.2) is 56.3 Å². The van der Waals surface area contributed by atoms with Crippen LogP contribution in [0.15, 0.2) is 18.3 Å². The molecule has 0 bridgehead atoms. The number of likely N-dealkylation sites (tertiary alicyclic amines) is 1. The zero-order valence-corrected chi connectivity index (χ0v) is 16.9. The predicted molar refractivity (Wildman–Crippen MR) is 107 cm³/mol. The monoisotopic (exact) mass is 404 g/mol. The summed E-state index contributed by atoms with van der Waals surface area (Å²) in [5, 5.41) is 22.1. The molecule has 3 N–H and O–H groups in total. The number of hydrogen-bond acceptors (Lipinski definition) is 6. The summed E-state index contributed by atoms with van der Waals surface area (Å²) in [6, 6.07) is 3.14. The Balaban J connectivity index is 1.83. The number of aliphatic carboxylic acids is 1. The fourth-order valence-corrected chi connectivity index (χ4v) is 4.15. The molecule has 2 aromatic heterocycles. The van der Waals surface area contributed by atoms with Gasteiger partial charge in [-0.15, -0.1) is 0 Å². The molecule has 1 saturated heterocycles. The first-order valence-corrected chi connectivity index (χ1v) is 9.92. The van der Waals surface area contributed by atoms with Crippen molar-refractivity contribution in [2.24, 2.45) is 0 Å². The number of aromatic nitrogens is 2. The zero-order valence-electron chi connectivity index (χ0n) is 16.1. The summed E-state index contributed by atoms with van der Waals surface area (Å²) in [4.78, 5) is 35.2. The van der Waals surface area contributed by atoms with Gasteiger partial charge in [-0.1, -0.05) is 11.3 Å². The Hall–Kier alpha value is -2.52. The first-order chi connectivity index (χ1) is 13.2. The van der Waals surface area contributed by atoms with E-state index in [4.69, 9.17) is 0 Å². The summed E-state index contributed by atoms with van der Waals surface area (Å²) in [5.74, 6) is -0.949. The third kappa shape index (κ3) is 3.85. The highest BCUT2D eigenvalue weighted by Crippen LogP contribution is 2.35.